The molecule has 0 fully saturated rings. The van der Waals surface area contributed by atoms with Crippen LogP contribution in [0, 0.1) is 0 Å². The minimum absolute atomic E-state index is 0.0242. The third-order valence-corrected chi connectivity index (χ3v) is 2.29. The molecule has 0 spiro atoms. The molecule has 18 heavy (non-hydrogen) atoms. The summed E-state index contributed by atoms with van der Waals surface area (Å²) in [6.45, 7) is 0. The zero-order chi connectivity index (χ0) is 13.1. The van der Waals surface area contributed by atoms with E-state index in [0.717, 1.165) is 12.4 Å². The molecule has 2 rings (SSSR count). The van der Waals surface area contributed by atoms with Crippen LogP contribution in [0.25, 0.3) is 0 Å². The van der Waals surface area contributed by atoms with Crippen LogP contribution < -0.4 is 5.73 Å². The molecule has 0 radical (unpaired) electrons. The van der Waals surface area contributed by atoms with E-state index < -0.39 is 11.7 Å². The standard InChI is InChI=1S/C12H9N3O3/c13-12(18)9-6-14-8(5-15-9)11(17)7-3-1-2-4-10(7)16/h1-6,16H,(H2,13,18). The third kappa shape index (κ3) is 2.17. The van der Waals surface area contributed by atoms with Crippen LogP contribution in [0.5, 0.6) is 5.75 Å². The summed E-state index contributed by atoms with van der Waals surface area (Å²) < 4.78 is 0. The number of ketones is 1. The molecule has 6 nitrogen and oxygen atoms in total. The lowest BCUT2D eigenvalue weighted by Gasteiger charge is -2.02. The van der Waals surface area contributed by atoms with Crippen LogP contribution >= 0.6 is 0 Å². The fourth-order valence-corrected chi connectivity index (χ4v) is 1.38. The summed E-state index contributed by atoms with van der Waals surface area (Å²) in [7, 11) is 0. The molecule has 1 aromatic carbocycles. The number of aromatic hydroxyl groups is 1. The molecule has 0 aliphatic heterocycles. The first kappa shape index (κ1) is 11.7. The number of phenolic OH excluding ortho intramolecular Hbond substituents is 1. The maximum Gasteiger partial charge on any atom is 0.268 e. The molecule has 0 bridgehead atoms. The van der Waals surface area contributed by atoms with E-state index in [1.165, 1.54) is 12.1 Å². The summed E-state index contributed by atoms with van der Waals surface area (Å²) in [6, 6.07) is 6.10. The second kappa shape index (κ2) is 4.62. The number of aromatic nitrogens is 2. The number of phenols is 1. The number of amides is 1. The number of carbonyl (C=O) groups is 2. The minimum atomic E-state index is -0.718. The average Bonchev–Trinajstić information content (AvgIpc) is 2.38. The van der Waals surface area contributed by atoms with E-state index in [0.29, 0.717) is 0 Å². The number of para-hydroxylation sites is 1. The molecule has 1 amide bonds. The van der Waals surface area contributed by atoms with Gasteiger partial charge in [-0.1, -0.05) is 12.1 Å². The first-order valence-electron chi connectivity index (χ1n) is 5.04. The van der Waals surface area contributed by atoms with Crippen molar-refractivity contribution < 1.29 is 14.7 Å². The molecule has 1 aromatic heterocycles. The van der Waals surface area contributed by atoms with Gasteiger partial charge in [0.15, 0.2) is 0 Å². The van der Waals surface area contributed by atoms with Crippen LogP contribution in [0.15, 0.2) is 36.7 Å². The van der Waals surface area contributed by atoms with Gasteiger partial charge in [-0.05, 0) is 12.1 Å². The van der Waals surface area contributed by atoms with Crippen LogP contribution in [0.2, 0.25) is 0 Å². The average molecular weight is 243 g/mol. The van der Waals surface area contributed by atoms with Gasteiger partial charge in [-0.3, -0.25) is 9.59 Å². The van der Waals surface area contributed by atoms with Crippen LogP contribution in [-0.2, 0) is 0 Å². The Balaban J connectivity index is 2.35. The zero-order valence-electron chi connectivity index (χ0n) is 9.20. The highest BCUT2D eigenvalue weighted by atomic mass is 16.3. The Bertz CT molecular complexity index is 608. The lowest BCUT2D eigenvalue weighted by molar-refractivity contribution is 0.0989. The van der Waals surface area contributed by atoms with E-state index in [-0.39, 0.29) is 22.7 Å². The van der Waals surface area contributed by atoms with E-state index >= 15 is 0 Å². The number of carbonyl (C=O) groups excluding carboxylic acids is 2. The monoisotopic (exact) mass is 243 g/mol. The van der Waals surface area contributed by atoms with Crippen LogP contribution in [-0.4, -0.2) is 26.8 Å². The quantitative estimate of drug-likeness (QED) is 0.764. The number of hydrogen-bond donors (Lipinski definition) is 2. The maximum absolute atomic E-state index is 12.0. The topological polar surface area (TPSA) is 106 Å². The smallest absolute Gasteiger partial charge is 0.268 e. The normalized spacial score (nSPS) is 10.0. The number of nitrogens with zero attached hydrogens (tertiary/aromatic N) is 2. The first-order valence-corrected chi connectivity index (χ1v) is 5.04. The van der Waals surface area contributed by atoms with Gasteiger partial charge in [-0.25, -0.2) is 9.97 Å². The van der Waals surface area contributed by atoms with Crippen LogP contribution in [0.3, 0.4) is 0 Å². The molecule has 0 aliphatic rings. The summed E-state index contributed by atoms with van der Waals surface area (Å²) in [5.41, 5.74) is 5.14. The number of hydrogen-bond acceptors (Lipinski definition) is 5. The largest absolute Gasteiger partial charge is 0.507 e. The Labute approximate surface area is 102 Å². The van der Waals surface area contributed by atoms with Crippen molar-refractivity contribution in [2.75, 3.05) is 0 Å². The summed E-state index contributed by atoms with van der Waals surface area (Å²) in [5.74, 6) is -1.33. The zero-order valence-corrected chi connectivity index (χ0v) is 9.20. The second-order valence-electron chi connectivity index (χ2n) is 3.50. The van der Waals surface area contributed by atoms with Crippen molar-refractivity contribution in [1.82, 2.24) is 9.97 Å². The molecule has 0 unspecified atom stereocenters. The lowest BCUT2D eigenvalue weighted by atomic mass is 10.1. The predicted octanol–water partition coefficient (Wildman–Crippen LogP) is 0.512. The Morgan fingerprint density at radius 3 is 2.22 bits per heavy atom. The molecule has 0 saturated heterocycles. The van der Waals surface area contributed by atoms with Crippen molar-refractivity contribution in [3.05, 3.63) is 53.6 Å². The van der Waals surface area contributed by atoms with E-state index in [9.17, 15) is 14.7 Å². The SMILES string of the molecule is NC(=O)c1cnc(C(=O)c2ccccc2O)cn1. The Kier molecular flexibility index (Phi) is 3.01. The van der Waals surface area contributed by atoms with Gasteiger partial charge in [0.25, 0.3) is 5.91 Å². The Morgan fingerprint density at radius 2 is 1.67 bits per heavy atom. The molecular formula is C12H9N3O3. The van der Waals surface area contributed by atoms with E-state index in [1.807, 2.05) is 0 Å². The summed E-state index contributed by atoms with van der Waals surface area (Å²) in [5, 5.41) is 9.54. The highest BCUT2D eigenvalue weighted by Crippen LogP contribution is 2.18. The van der Waals surface area contributed by atoms with Crippen LogP contribution in [0.1, 0.15) is 26.5 Å². The van der Waals surface area contributed by atoms with Gasteiger partial charge in [0.1, 0.15) is 17.1 Å². The van der Waals surface area contributed by atoms with Gasteiger partial charge >= 0.3 is 0 Å². The molecule has 3 N–H and O–H groups in total. The van der Waals surface area contributed by atoms with Gasteiger partial charge in [0.2, 0.25) is 5.78 Å². The number of benzene rings is 1. The minimum Gasteiger partial charge on any atom is -0.507 e. The number of rotatable bonds is 3. The molecule has 0 aliphatic carbocycles. The maximum atomic E-state index is 12.0. The highest BCUT2D eigenvalue weighted by Gasteiger charge is 2.15. The van der Waals surface area contributed by atoms with E-state index in [2.05, 4.69) is 9.97 Å². The lowest BCUT2D eigenvalue weighted by Crippen LogP contribution is -2.15. The van der Waals surface area contributed by atoms with Crippen molar-refractivity contribution in [2.24, 2.45) is 5.73 Å². The van der Waals surface area contributed by atoms with Gasteiger partial charge < -0.3 is 10.8 Å². The van der Waals surface area contributed by atoms with Gasteiger partial charge in [-0.15, -0.1) is 0 Å². The van der Waals surface area contributed by atoms with E-state index in [1.54, 1.807) is 12.1 Å². The van der Waals surface area contributed by atoms with Gasteiger partial charge in [0, 0.05) is 0 Å². The fourth-order valence-electron chi connectivity index (χ4n) is 1.38. The second-order valence-corrected chi connectivity index (χ2v) is 3.50. The number of nitrogens with two attached hydrogens (primary N) is 1. The molecule has 90 valence electrons. The molecule has 2 aromatic rings. The Morgan fingerprint density at radius 1 is 1.06 bits per heavy atom. The summed E-state index contributed by atoms with van der Waals surface area (Å²) in [4.78, 5) is 30.3. The van der Waals surface area contributed by atoms with Crippen molar-refractivity contribution in [3.63, 3.8) is 0 Å². The summed E-state index contributed by atoms with van der Waals surface area (Å²) in [6.07, 6.45) is 2.27. The molecular weight excluding hydrogens is 234 g/mol. The van der Waals surface area contributed by atoms with Gasteiger partial charge in [0.05, 0.1) is 18.0 Å². The van der Waals surface area contributed by atoms with Crippen molar-refractivity contribution in [2.45, 2.75) is 0 Å². The van der Waals surface area contributed by atoms with Crippen LogP contribution in [0.4, 0.5) is 0 Å². The fraction of sp³-hybridized carbons (Fsp3) is 0. The summed E-state index contributed by atoms with van der Waals surface area (Å²) >= 11 is 0. The van der Waals surface area contributed by atoms with Crippen molar-refractivity contribution >= 4 is 11.7 Å². The molecule has 1 heterocycles. The third-order valence-electron chi connectivity index (χ3n) is 2.29. The Hall–Kier alpha value is -2.76. The molecule has 0 saturated carbocycles. The number of primary amides is 1. The molecule has 6 heteroatoms. The van der Waals surface area contributed by atoms with Crippen molar-refractivity contribution in [3.8, 4) is 5.75 Å². The molecule has 0 atom stereocenters. The van der Waals surface area contributed by atoms with Gasteiger partial charge in [-0.2, -0.15) is 0 Å². The predicted molar refractivity (Wildman–Crippen MR) is 62.1 cm³/mol. The highest BCUT2D eigenvalue weighted by molar-refractivity contribution is 6.09. The first-order chi connectivity index (χ1) is 8.59. The van der Waals surface area contributed by atoms with Crippen molar-refractivity contribution in [1.29, 1.82) is 0 Å². The van der Waals surface area contributed by atoms with E-state index in [4.69, 9.17) is 5.73 Å².